The van der Waals surface area contributed by atoms with E-state index in [1.807, 2.05) is 12.1 Å². The first-order valence-electron chi connectivity index (χ1n) is 8.10. The normalized spacial score (nSPS) is 12.5. The van der Waals surface area contributed by atoms with Gasteiger partial charge in [0.15, 0.2) is 0 Å². The number of aryl methyl sites for hydroxylation is 1. The standard InChI is InChI=1S/C19H29ClO2/c1-7-18(3,4)14-11-13(9-10-16(20)21)12-15(17(14)22)19(5,6)8-2/h11-12,22H,7-10H2,1-6H3. The van der Waals surface area contributed by atoms with Gasteiger partial charge in [0.2, 0.25) is 5.24 Å². The van der Waals surface area contributed by atoms with Crippen LogP contribution in [0.25, 0.3) is 0 Å². The van der Waals surface area contributed by atoms with Crippen LogP contribution in [0.4, 0.5) is 0 Å². The molecule has 0 saturated carbocycles. The Morgan fingerprint density at radius 3 is 1.77 bits per heavy atom. The minimum absolute atomic E-state index is 0.108. The smallest absolute Gasteiger partial charge is 0.221 e. The van der Waals surface area contributed by atoms with Crippen LogP contribution in [0, 0.1) is 0 Å². The van der Waals surface area contributed by atoms with Gasteiger partial charge in [-0.3, -0.25) is 4.79 Å². The molecule has 0 heterocycles. The predicted octanol–water partition coefficient (Wildman–Crippen LogP) is 5.47. The molecule has 0 bridgehead atoms. The molecule has 0 unspecified atom stereocenters. The molecule has 0 radical (unpaired) electrons. The van der Waals surface area contributed by atoms with Gasteiger partial charge in [-0.25, -0.2) is 0 Å². The summed E-state index contributed by atoms with van der Waals surface area (Å²) in [6, 6.07) is 4.07. The van der Waals surface area contributed by atoms with Crippen LogP contribution in [-0.2, 0) is 22.0 Å². The van der Waals surface area contributed by atoms with E-state index in [1.165, 1.54) is 0 Å². The number of hydrogen-bond acceptors (Lipinski definition) is 2. The number of carbonyl (C=O) groups excluding carboxylic acids is 1. The maximum atomic E-state index is 11.1. The Morgan fingerprint density at radius 2 is 1.45 bits per heavy atom. The quantitative estimate of drug-likeness (QED) is 0.676. The van der Waals surface area contributed by atoms with Gasteiger partial charge in [0, 0.05) is 17.5 Å². The molecule has 22 heavy (non-hydrogen) atoms. The highest BCUT2D eigenvalue weighted by Crippen LogP contribution is 2.42. The number of halogens is 1. The molecule has 0 aliphatic rings. The maximum absolute atomic E-state index is 11.1. The molecular weight excluding hydrogens is 296 g/mol. The van der Waals surface area contributed by atoms with Gasteiger partial charge in [-0.2, -0.15) is 0 Å². The second kappa shape index (κ2) is 7.04. The molecule has 1 N–H and O–H groups in total. The Bertz CT molecular complexity index is 507. The number of carbonyl (C=O) groups is 1. The van der Waals surface area contributed by atoms with Gasteiger partial charge < -0.3 is 5.11 Å². The van der Waals surface area contributed by atoms with Gasteiger partial charge >= 0.3 is 0 Å². The second-order valence-electron chi connectivity index (χ2n) is 7.37. The van der Waals surface area contributed by atoms with Crippen molar-refractivity contribution in [1.82, 2.24) is 0 Å². The van der Waals surface area contributed by atoms with Gasteiger partial charge in [0.1, 0.15) is 5.75 Å². The number of rotatable bonds is 7. The second-order valence-corrected chi connectivity index (χ2v) is 7.79. The van der Waals surface area contributed by atoms with Crippen molar-refractivity contribution in [3.8, 4) is 5.75 Å². The molecule has 0 aromatic heterocycles. The Kier molecular flexibility index (Phi) is 6.09. The monoisotopic (exact) mass is 324 g/mol. The van der Waals surface area contributed by atoms with Crippen molar-refractivity contribution in [1.29, 1.82) is 0 Å². The van der Waals surface area contributed by atoms with E-state index in [2.05, 4.69) is 41.5 Å². The van der Waals surface area contributed by atoms with Crippen molar-refractivity contribution in [3.63, 3.8) is 0 Å². The highest BCUT2D eigenvalue weighted by Gasteiger charge is 2.29. The van der Waals surface area contributed by atoms with Crippen molar-refractivity contribution in [3.05, 3.63) is 28.8 Å². The first-order chi connectivity index (χ1) is 10.0. The molecule has 3 heteroatoms. The number of benzene rings is 1. The van der Waals surface area contributed by atoms with E-state index >= 15 is 0 Å². The summed E-state index contributed by atoms with van der Waals surface area (Å²) >= 11 is 5.48. The third kappa shape index (κ3) is 4.25. The fourth-order valence-corrected chi connectivity index (χ4v) is 2.59. The molecule has 1 aromatic rings. The summed E-state index contributed by atoms with van der Waals surface area (Å²) in [6.07, 6.45) is 2.81. The number of aromatic hydroxyl groups is 1. The van der Waals surface area contributed by atoms with Crippen LogP contribution in [0.15, 0.2) is 12.1 Å². The topological polar surface area (TPSA) is 37.3 Å². The highest BCUT2D eigenvalue weighted by molar-refractivity contribution is 6.63. The Labute approximate surface area is 139 Å². The number of phenols is 1. The van der Waals surface area contributed by atoms with Crippen LogP contribution in [0.3, 0.4) is 0 Å². The van der Waals surface area contributed by atoms with Crippen molar-refractivity contribution in [2.45, 2.75) is 78.1 Å². The van der Waals surface area contributed by atoms with Crippen LogP contribution in [0.1, 0.15) is 77.5 Å². The minimum Gasteiger partial charge on any atom is -0.507 e. The Morgan fingerprint density at radius 1 is 1.05 bits per heavy atom. The van der Waals surface area contributed by atoms with E-state index in [4.69, 9.17) is 11.6 Å². The molecular formula is C19H29ClO2. The fourth-order valence-electron chi connectivity index (χ4n) is 2.49. The lowest BCUT2D eigenvalue weighted by molar-refractivity contribution is -0.111. The summed E-state index contributed by atoms with van der Waals surface area (Å²) in [5, 5.41) is 10.5. The summed E-state index contributed by atoms with van der Waals surface area (Å²) in [6.45, 7) is 12.8. The largest absolute Gasteiger partial charge is 0.507 e. The zero-order chi connectivity index (χ0) is 17.1. The third-order valence-electron chi connectivity index (χ3n) is 5.01. The molecule has 0 amide bonds. The highest BCUT2D eigenvalue weighted by atomic mass is 35.5. The van der Waals surface area contributed by atoms with Crippen LogP contribution in [0.2, 0.25) is 0 Å². The van der Waals surface area contributed by atoms with Crippen molar-refractivity contribution < 1.29 is 9.90 Å². The van der Waals surface area contributed by atoms with Crippen LogP contribution < -0.4 is 0 Å². The van der Waals surface area contributed by atoms with Gasteiger partial charge in [0.25, 0.3) is 0 Å². The van der Waals surface area contributed by atoms with Gasteiger partial charge in [0.05, 0.1) is 0 Å². The van der Waals surface area contributed by atoms with E-state index in [0.717, 1.165) is 29.5 Å². The van der Waals surface area contributed by atoms with Crippen LogP contribution in [-0.4, -0.2) is 10.3 Å². The molecule has 2 nitrogen and oxygen atoms in total. The SMILES string of the molecule is CCC(C)(C)c1cc(CCC(=O)Cl)cc(C(C)(C)CC)c1O. The average molecular weight is 325 g/mol. The average Bonchev–Trinajstić information content (AvgIpc) is 2.45. The van der Waals surface area contributed by atoms with E-state index < -0.39 is 0 Å². The van der Waals surface area contributed by atoms with Gasteiger partial charge in [-0.15, -0.1) is 0 Å². The lowest BCUT2D eigenvalue weighted by Gasteiger charge is -2.31. The lowest BCUT2D eigenvalue weighted by atomic mass is 9.74. The summed E-state index contributed by atoms with van der Waals surface area (Å²) < 4.78 is 0. The zero-order valence-electron chi connectivity index (χ0n) is 14.7. The molecule has 1 aromatic carbocycles. The van der Waals surface area contributed by atoms with Gasteiger partial charge in [-0.1, -0.05) is 53.7 Å². The zero-order valence-corrected chi connectivity index (χ0v) is 15.5. The molecule has 0 saturated heterocycles. The van der Waals surface area contributed by atoms with Crippen molar-refractivity contribution in [2.75, 3.05) is 0 Å². The molecule has 124 valence electrons. The van der Waals surface area contributed by atoms with Crippen LogP contribution >= 0.6 is 11.6 Å². The van der Waals surface area contributed by atoms with Crippen molar-refractivity contribution in [2.24, 2.45) is 0 Å². The van der Waals surface area contributed by atoms with E-state index in [0.29, 0.717) is 18.6 Å². The first kappa shape index (κ1) is 19.0. The number of hydrogen-bond donors (Lipinski definition) is 1. The molecule has 0 aliphatic carbocycles. The lowest BCUT2D eigenvalue weighted by Crippen LogP contribution is -2.21. The first-order valence-corrected chi connectivity index (χ1v) is 8.48. The summed E-state index contributed by atoms with van der Waals surface area (Å²) in [7, 11) is 0. The van der Waals surface area contributed by atoms with E-state index in [1.54, 1.807) is 0 Å². The van der Waals surface area contributed by atoms with E-state index in [9.17, 15) is 9.90 Å². The fraction of sp³-hybridized carbons (Fsp3) is 0.632. The predicted molar refractivity (Wildman–Crippen MR) is 93.9 cm³/mol. The Balaban J connectivity index is 3.47. The summed E-state index contributed by atoms with van der Waals surface area (Å²) in [4.78, 5) is 11.1. The molecule has 0 spiro atoms. The minimum atomic E-state index is -0.319. The number of phenolic OH excluding ortho intramolecular Hbond substituents is 1. The van der Waals surface area contributed by atoms with Gasteiger partial charge in [-0.05, 0) is 47.3 Å². The maximum Gasteiger partial charge on any atom is 0.221 e. The van der Waals surface area contributed by atoms with Crippen molar-refractivity contribution >= 4 is 16.8 Å². The third-order valence-corrected chi connectivity index (χ3v) is 5.19. The summed E-state index contributed by atoms with van der Waals surface area (Å²) in [5.41, 5.74) is 2.78. The summed E-state index contributed by atoms with van der Waals surface area (Å²) in [5.74, 6) is 0.402. The molecule has 0 atom stereocenters. The Hall–Kier alpha value is -1.02. The molecule has 0 fully saturated rings. The van der Waals surface area contributed by atoms with Crippen LogP contribution in [0.5, 0.6) is 5.75 Å². The molecule has 1 rings (SSSR count). The van der Waals surface area contributed by atoms with E-state index in [-0.39, 0.29) is 16.1 Å². The molecule has 0 aliphatic heterocycles.